The van der Waals surface area contributed by atoms with E-state index in [2.05, 4.69) is 12.2 Å². The van der Waals surface area contributed by atoms with Crippen LogP contribution in [0.3, 0.4) is 0 Å². The van der Waals surface area contributed by atoms with Crippen LogP contribution in [0.15, 0.2) is 18.2 Å². The lowest BCUT2D eigenvalue weighted by Gasteiger charge is -2.12. The van der Waals surface area contributed by atoms with E-state index in [-0.39, 0.29) is 30.7 Å². The standard InChI is InChI=1S/C17H25Cl2NO2.2ClH/c1-2-3-5-14(17(21)22)9-11-20-10-4-6-13-7-8-15(18)12-16(13)19;;/h7-8,12,14,20H,2-6,9-11H2,1H3,(H,21,22);2*1H. The number of carbonyl (C=O) groups is 1. The van der Waals surface area contributed by atoms with Crippen molar-refractivity contribution in [1.29, 1.82) is 0 Å². The lowest BCUT2D eigenvalue weighted by molar-refractivity contribution is -0.142. The van der Waals surface area contributed by atoms with Crippen LogP contribution in [0.1, 0.15) is 44.6 Å². The highest BCUT2D eigenvalue weighted by molar-refractivity contribution is 6.35. The molecule has 1 atom stereocenters. The Morgan fingerprint density at radius 2 is 1.88 bits per heavy atom. The zero-order valence-electron chi connectivity index (χ0n) is 13.9. The Bertz CT molecular complexity index is 472. The van der Waals surface area contributed by atoms with Gasteiger partial charge in [-0.3, -0.25) is 4.79 Å². The molecule has 0 aliphatic heterocycles. The minimum Gasteiger partial charge on any atom is -0.481 e. The van der Waals surface area contributed by atoms with Crippen LogP contribution in [-0.4, -0.2) is 24.2 Å². The van der Waals surface area contributed by atoms with Crippen LogP contribution < -0.4 is 5.32 Å². The average Bonchev–Trinajstić information content (AvgIpc) is 2.47. The van der Waals surface area contributed by atoms with Gasteiger partial charge >= 0.3 is 5.97 Å². The van der Waals surface area contributed by atoms with E-state index in [9.17, 15) is 4.79 Å². The molecule has 1 rings (SSSR count). The predicted octanol–water partition coefficient (Wildman–Crippen LogP) is 5.64. The minimum absolute atomic E-state index is 0. The Morgan fingerprint density at radius 1 is 1.17 bits per heavy atom. The molecule has 0 radical (unpaired) electrons. The smallest absolute Gasteiger partial charge is 0.306 e. The normalized spacial score (nSPS) is 11.3. The third-order valence-corrected chi connectivity index (χ3v) is 4.33. The van der Waals surface area contributed by atoms with Gasteiger partial charge in [-0.2, -0.15) is 0 Å². The van der Waals surface area contributed by atoms with E-state index in [0.29, 0.717) is 16.5 Å². The Hall–Kier alpha value is -0.190. The molecule has 0 aliphatic rings. The highest BCUT2D eigenvalue weighted by atomic mass is 35.5. The van der Waals surface area contributed by atoms with Crippen LogP contribution in [0.5, 0.6) is 0 Å². The Labute approximate surface area is 167 Å². The maximum absolute atomic E-state index is 11.1. The molecule has 1 aromatic rings. The number of hydrogen-bond acceptors (Lipinski definition) is 2. The lowest BCUT2D eigenvalue weighted by atomic mass is 9.99. The molecule has 2 N–H and O–H groups in total. The van der Waals surface area contributed by atoms with Crippen molar-refractivity contribution in [3.8, 4) is 0 Å². The van der Waals surface area contributed by atoms with Gasteiger partial charge in [-0.25, -0.2) is 0 Å². The highest BCUT2D eigenvalue weighted by Gasteiger charge is 2.15. The third-order valence-electron chi connectivity index (χ3n) is 3.74. The summed E-state index contributed by atoms with van der Waals surface area (Å²) in [6.07, 6.45) is 5.34. The van der Waals surface area contributed by atoms with Gasteiger partial charge in [0.05, 0.1) is 5.92 Å². The van der Waals surface area contributed by atoms with E-state index in [1.165, 1.54) is 0 Å². The maximum atomic E-state index is 11.1. The van der Waals surface area contributed by atoms with Gasteiger partial charge in [0.25, 0.3) is 0 Å². The van der Waals surface area contributed by atoms with Crippen molar-refractivity contribution in [2.24, 2.45) is 5.92 Å². The van der Waals surface area contributed by atoms with Gasteiger partial charge in [0.15, 0.2) is 0 Å². The SMILES string of the molecule is CCCCC(CCNCCCc1ccc(Cl)cc1Cl)C(=O)O.Cl.Cl. The van der Waals surface area contributed by atoms with E-state index >= 15 is 0 Å². The molecular weight excluding hydrogens is 392 g/mol. The summed E-state index contributed by atoms with van der Waals surface area (Å²) in [5, 5.41) is 13.8. The number of rotatable bonds is 11. The number of hydrogen-bond donors (Lipinski definition) is 2. The van der Waals surface area contributed by atoms with Crippen LogP contribution in [0.4, 0.5) is 0 Å². The summed E-state index contributed by atoms with van der Waals surface area (Å²) in [7, 11) is 0. The van der Waals surface area contributed by atoms with Crippen LogP contribution in [0.2, 0.25) is 10.0 Å². The molecule has 7 heteroatoms. The number of aliphatic carboxylic acids is 1. The van der Waals surface area contributed by atoms with E-state index in [0.717, 1.165) is 50.8 Å². The Balaban J connectivity index is 0. The Morgan fingerprint density at radius 3 is 2.46 bits per heavy atom. The van der Waals surface area contributed by atoms with Gasteiger partial charge in [0, 0.05) is 10.0 Å². The molecule has 0 aliphatic carbocycles. The molecular formula is C17H27Cl4NO2. The molecule has 0 bridgehead atoms. The second-order valence-electron chi connectivity index (χ2n) is 5.56. The molecule has 0 amide bonds. The first-order chi connectivity index (χ1) is 10.5. The molecule has 0 fully saturated rings. The Kier molecular flexibility index (Phi) is 16.4. The summed E-state index contributed by atoms with van der Waals surface area (Å²) < 4.78 is 0. The fourth-order valence-corrected chi connectivity index (χ4v) is 2.87. The average molecular weight is 419 g/mol. The number of nitrogens with one attached hydrogen (secondary N) is 1. The molecule has 0 heterocycles. The first-order valence-electron chi connectivity index (χ1n) is 7.92. The van der Waals surface area contributed by atoms with Crippen molar-refractivity contribution in [2.45, 2.75) is 45.4 Å². The fraction of sp³-hybridized carbons (Fsp3) is 0.588. The van der Waals surface area contributed by atoms with Crippen LogP contribution in [-0.2, 0) is 11.2 Å². The molecule has 0 aromatic heterocycles. The number of aryl methyl sites for hydroxylation is 1. The molecule has 1 unspecified atom stereocenters. The molecule has 1 aromatic carbocycles. The van der Waals surface area contributed by atoms with Gasteiger partial charge in [0.2, 0.25) is 0 Å². The number of benzene rings is 1. The molecule has 140 valence electrons. The van der Waals surface area contributed by atoms with Gasteiger partial charge in [-0.05, 0) is 56.5 Å². The largest absolute Gasteiger partial charge is 0.481 e. The van der Waals surface area contributed by atoms with Crippen LogP contribution >= 0.6 is 48.0 Å². The van der Waals surface area contributed by atoms with E-state index in [1.54, 1.807) is 6.07 Å². The quantitative estimate of drug-likeness (QED) is 0.457. The summed E-state index contributed by atoms with van der Waals surface area (Å²) >= 11 is 12.0. The maximum Gasteiger partial charge on any atom is 0.306 e. The van der Waals surface area contributed by atoms with Crippen LogP contribution in [0.25, 0.3) is 0 Å². The number of unbranched alkanes of at least 4 members (excludes halogenated alkanes) is 1. The van der Waals surface area contributed by atoms with Crippen molar-refractivity contribution in [2.75, 3.05) is 13.1 Å². The van der Waals surface area contributed by atoms with Gasteiger partial charge < -0.3 is 10.4 Å². The monoisotopic (exact) mass is 417 g/mol. The molecule has 0 saturated heterocycles. The summed E-state index contributed by atoms with van der Waals surface area (Å²) in [6, 6.07) is 5.56. The zero-order valence-corrected chi connectivity index (χ0v) is 17.0. The van der Waals surface area contributed by atoms with Crippen molar-refractivity contribution >= 4 is 54.0 Å². The van der Waals surface area contributed by atoms with E-state index < -0.39 is 5.97 Å². The summed E-state index contributed by atoms with van der Waals surface area (Å²) in [5.74, 6) is -0.902. The zero-order chi connectivity index (χ0) is 16.4. The highest BCUT2D eigenvalue weighted by Crippen LogP contribution is 2.21. The fourth-order valence-electron chi connectivity index (χ4n) is 2.37. The first-order valence-corrected chi connectivity index (χ1v) is 8.67. The van der Waals surface area contributed by atoms with E-state index in [1.807, 2.05) is 12.1 Å². The van der Waals surface area contributed by atoms with Gasteiger partial charge in [-0.1, -0.05) is 49.0 Å². The third kappa shape index (κ3) is 10.6. The molecule has 3 nitrogen and oxygen atoms in total. The lowest BCUT2D eigenvalue weighted by Crippen LogP contribution is -2.23. The van der Waals surface area contributed by atoms with Crippen molar-refractivity contribution < 1.29 is 9.90 Å². The topological polar surface area (TPSA) is 49.3 Å². The van der Waals surface area contributed by atoms with Gasteiger partial charge in [-0.15, -0.1) is 24.8 Å². The molecule has 0 spiro atoms. The van der Waals surface area contributed by atoms with E-state index in [4.69, 9.17) is 28.3 Å². The summed E-state index contributed by atoms with van der Waals surface area (Å²) in [5.41, 5.74) is 1.10. The summed E-state index contributed by atoms with van der Waals surface area (Å²) in [4.78, 5) is 11.1. The minimum atomic E-state index is -0.678. The summed E-state index contributed by atoms with van der Waals surface area (Å²) in [6.45, 7) is 3.69. The van der Waals surface area contributed by atoms with Gasteiger partial charge in [0.1, 0.15) is 0 Å². The second kappa shape index (κ2) is 15.1. The number of carboxylic acid groups (broad SMARTS) is 1. The predicted molar refractivity (Wildman–Crippen MR) is 107 cm³/mol. The number of halogens is 4. The molecule has 0 saturated carbocycles. The second-order valence-corrected chi connectivity index (χ2v) is 6.40. The number of carboxylic acids is 1. The van der Waals surface area contributed by atoms with Crippen LogP contribution in [0, 0.1) is 5.92 Å². The first kappa shape index (κ1) is 26.0. The van der Waals surface area contributed by atoms with Crippen molar-refractivity contribution in [3.05, 3.63) is 33.8 Å². The van der Waals surface area contributed by atoms with Crippen molar-refractivity contribution in [3.63, 3.8) is 0 Å². The molecule has 24 heavy (non-hydrogen) atoms. The van der Waals surface area contributed by atoms with Crippen molar-refractivity contribution in [1.82, 2.24) is 5.32 Å².